The standard InChI is InChI=1S/C17H35N/c1-6-7-8-9-10-11-18-16(4)12-14(2)15(3)13-17(18)5/h14-17H,6-13H2,1-5H3. The summed E-state index contributed by atoms with van der Waals surface area (Å²) in [6.07, 6.45) is 9.80. The van der Waals surface area contributed by atoms with E-state index >= 15 is 0 Å². The van der Waals surface area contributed by atoms with Gasteiger partial charge in [0.15, 0.2) is 0 Å². The van der Waals surface area contributed by atoms with Crippen LogP contribution in [0.2, 0.25) is 0 Å². The second-order valence-electron chi connectivity index (χ2n) is 6.78. The Labute approximate surface area is 115 Å². The van der Waals surface area contributed by atoms with Crippen LogP contribution in [0.3, 0.4) is 0 Å². The Morgan fingerprint density at radius 3 is 1.78 bits per heavy atom. The van der Waals surface area contributed by atoms with Crippen LogP contribution in [-0.4, -0.2) is 23.5 Å². The summed E-state index contributed by atoms with van der Waals surface area (Å²) in [4.78, 5) is 2.78. The van der Waals surface area contributed by atoms with Crippen LogP contribution >= 0.6 is 0 Å². The molecule has 18 heavy (non-hydrogen) atoms. The highest BCUT2D eigenvalue weighted by atomic mass is 15.2. The summed E-state index contributed by atoms with van der Waals surface area (Å²) < 4.78 is 0. The van der Waals surface area contributed by atoms with Crippen LogP contribution in [0.1, 0.15) is 79.6 Å². The van der Waals surface area contributed by atoms with Gasteiger partial charge in [-0.3, -0.25) is 4.90 Å². The van der Waals surface area contributed by atoms with Crippen molar-refractivity contribution in [3.8, 4) is 0 Å². The molecule has 1 rings (SSSR count). The van der Waals surface area contributed by atoms with Gasteiger partial charge in [0.2, 0.25) is 0 Å². The van der Waals surface area contributed by atoms with E-state index in [9.17, 15) is 0 Å². The summed E-state index contributed by atoms with van der Waals surface area (Å²) >= 11 is 0. The molecule has 0 aromatic heterocycles. The van der Waals surface area contributed by atoms with Gasteiger partial charge in [-0.15, -0.1) is 0 Å². The molecule has 1 fully saturated rings. The molecule has 0 aromatic rings. The van der Waals surface area contributed by atoms with Gasteiger partial charge in [0.1, 0.15) is 0 Å². The lowest BCUT2D eigenvalue weighted by atomic mass is 9.89. The van der Waals surface area contributed by atoms with E-state index in [4.69, 9.17) is 0 Å². The van der Waals surface area contributed by atoms with Crippen molar-refractivity contribution < 1.29 is 0 Å². The van der Waals surface area contributed by atoms with Gasteiger partial charge in [-0.05, 0) is 51.5 Å². The predicted molar refractivity (Wildman–Crippen MR) is 82.0 cm³/mol. The molecule has 0 spiro atoms. The van der Waals surface area contributed by atoms with E-state index in [1.54, 1.807) is 0 Å². The first-order chi connectivity index (χ1) is 8.56. The maximum Gasteiger partial charge on any atom is 0.00723 e. The molecule has 0 aromatic carbocycles. The van der Waals surface area contributed by atoms with Crippen LogP contribution in [0.25, 0.3) is 0 Å². The van der Waals surface area contributed by atoms with Crippen LogP contribution in [-0.2, 0) is 0 Å². The van der Waals surface area contributed by atoms with Gasteiger partial charge >= 0.3 is 0 Å². The Morgan fingerprint density at radius 2 is 1.28 bits per heavy atom. The minimum atomic E-state index is 0.783. The highest BCUT2D eigenvalue weighted by molar-refractivity contribution is 4.83. The number of nitrogens with zero attached hydrogens (tertiary/aromatic N) is 1. The predicted octanol–water partition coefficient (Wildman–Crippen LogP) is 5.10. The van der Waals surface area contributed by atoms with E-state index in [0.717, 1.165) is 23.9 Å². The van der Waals surface area contributed by atoms with Crippen molar-refractivity contribution in [2.45, 2.75) is 91.6 Å². The van der Waals surface area contributed by atoms with E-state index in [0.29, 0.717) is 0 Å². The van der Waals surface area contributed by atoms with Gasteiger partial charge in [0, 0.05) is 12.1 Å². The molecule has 1 heterocycles. The lowest BCUT2D eigenvalue weighted by Gasteiger charge is -2.32. The summed E-state index contributed by atoms with van der Waals surface area (Å²) in [6, 6.07) is 1.57. The van der Waals surface area contributed by atoms with Crippen molar-refractivity contribution in [3.63, 3.8) is 0 Å². The molecule has 1 aliphatic rings. The summed E-state index contributed by atoms with van der Waals surface area (Å²) in [5.41, 5.74) is 0. The maximum absolute atomic E-state index is 2.78. The Kier molecular flexibility index (Phi) is 7.29. The first-order valence-corrected chi connectivity index (χ1v) is 8.32. The SMILES string of the molecule is CCCCCCCN1C(C)CC(C)C(C)CC1C. The van der Waals surface area contributed by atoms with Gasteiger partial charge in [0.05, 0.1) is 0 Å². The summed E-state index contributed by atoms with van der Waals surface area (Å²) in [7, 11) is 0. The molecule has 0 saturated carbocycles. The zero-order valence-electron chi connectivity index (χ0n) is 13.4. The Morgan fingerprint density at radius 1 is 0.778 bits per heavy atom. The number of hydrogen-bond acceptors (Lipinski definition) is 1. The molecular formula is C17H35N. The molecule has 1 nitrogen and oxygen atoms in total. The monoisotopic (exact) mass is 253 g/mol. The average Bonchev–Trinajstić information content (AvgIpc) is 2.40. The van der Waals surface area contributed by atoms with Crippen LogP contribution in [0.4, 0.5) is 0 Å². The van der Waals surface area contributed by atoms with E-state index in [-0.39, 0.29) is 0 Å². The maximum atomic E-state index is 2.78. The van der Waals surface area contributed by atoms with Crippen LogP contribution < -0.4 is 0 Å². The first kappa shape index (κ1) is 16.0. The molecule has 0 bridgehead atoms. The number of rotatable bonds is 6. The van der Waals surface area contributed by atoms with E-state index in [1.807, 2.05) is 0 Å². The van der Waals surface area contributed by atoms with Crippen LogP contribution in [0.5, 0.6) is 0 Å². The Hall–Kier alpha value is -0.0400. The summed E-state index contributed by atoms with van der Waals surface area (Å²) in [6.45, 7) is 13.4. The molecular weight excluding hydrogens is 218 g/mol. The molecule has 4 atom stereocenters. The molecule has 4 unspecified atom stereocenters. The lowest BCUT2D eigenvalue weighted by molar-refractivity contribution is 0.148. The molecule has 1 aliphatic heterocycles. The van der Waals surface area contributed by atoms with Gasteiger partial charge < -0.3 is 0 Å². The zero-order chi connectivity index (χ0) is 13.5. The molecule has 0 radical (unpaired) electrons. The molecule has 0 aliphatic carbocycles. The normalized spacial score (nSPS) is 34.5. The van der Waals surface area contributed by atoms with Crippen molar-refractivity contribution in [1.29, 1.82) is 0 Å². The quantitative estimate of drug-likeness (QED) is 0.595. The smallest absolute Gasteiger partial charge is 0.00723 e. The lowest BCUT2D eigenvalue weighted by Crippen LogP contribution is -2.39. The Balaban J connectivity index is 2.37. The zero-order valence-corrected chi connectivity index (χ0v) is 13.4. The summed E-state index contributed by atoms with van der Waals surface area (Å²) in [5, 5.41) is 0. The Bertz CT molecular complexity index is 198. The van der Waals surface area contributed by atoms with Crippen molar-refractivity contribution in [2.24, 2.45) is 11.8 Å². The third kappa shape index (κ3) is 4.91. The average molecular weight is 253 g/mol. The third-order valence-corrected chi connectivity index (χ3v) is 5.05. The van der Waals surface area contributed by atoms with Gasteiger partial charge in [-0.1, -0.05) is 46.5 Å². The number of unbranched alkanes of at least 4 members (excludes halogenated alkanes) is 4. The first-order valence-electron chi connectivity index (χ1n) is 8.32. The second-order valence-corrected chi connectivity index (χ2v) is 6.78. The van der Waals surface area contributed by atoms with Crippen LogP contribution in [0.15, 0.2) is 0 Å². The van der Waals surface area contributed by atoms with Crippen molar-refractivity contribution >= 4 is 0 Å². The summed E-state index contributed by atoms with van der Waals surface area (Å²) in [5.74, 6) is 1.79. The van der Waals surface area contributed by atoms with Gasteiger partial charge in [0.25, 0.3) is 0 Å². The van der Waals surface area contributed by atoms with Gasteiger partial charge in [-0.25, -0.2) is 0 Å². The largest absolute Gasteiger partial charge is 0.298 e. The minimum absolute atomic E-state index is 0.783. The van der Waals surface area contributed by atoms with E-state index < -0.39 is 0 Å². The molecule has 108 valence electrons. The topological polar surface area (TPSA) is 3.24 Å². The second kappa shape index (κ2) is 8.19. The van der Waals surface area contributed by atoms with Crippen molar-refractivity contribution in [3.05, 3.63) is 0 Å². The highest BCUT2D eigenvalue weighted by Crippen LogP contribution is 2.30. The fourth-order valence-corrected chi connectivity index (χ4v) is 3.58. The fraction of sp³-hybridized carbons (Fsp3) is 1.00. The van der Waals surface area contributed by atoms with Gasteiger partial charge in [-0.2, -0.15) is 0 Å². The fourth-order valence-electron chi connectivity index (χ4n) is 3.58. The molecule has 0 N–H and O–H groups in total. The molecule has 1 heteroatoms. The molecule has 0 amide bonds. The van der Waals surface area contributed by atoms with E-state index in [2.05, 4.69) is 39.5 Å². The number of likely N-dealkylation sites (tertiary alicyclic amines) is 1. The third-order valence-electron chi connectivity index (χ3n) is 5.05. The van der Waals surface area contributed by atoms with E-state index in [1.165, 1.54) is 51.5 Å². The highest BCUT2D eigenvalue weighted by Gasteiger charge is 2.29. The minimum Gasteiger partial charge on any atom is -0.298 e. The molecule has 1 saturated heterocycles. The van der Waals surface area contributed by atoms with Crippen molar-refractivity contribution in [1.82, 2.24) is 4.90 Å². The van der Waals surface area contributed by atoms with Crippen molar-refractivity contribution in [2.75, 3.05) is 6.54 Å². The van der Waals surface area contributed by atoms with Crippen LogP contribution in [0, 0.1) is 11.8 Å². The number of hydrogen-bond donors (Lipinski definition) is 0.